The van der Waals surface area contributed by atoms with Gasteiger partial charge in [0.25, 0.3) is 11.8 Å². The van der Waals surface area contributed by atoms with Crippen molar-refractivity contribution in [2.24, 2.45) is 5.16 Å². The van der Waals surface area contributed by atoms with Crippen molar-refractivity contribution >= 4 is 23.2 Å². The maximum absolute atomic E-state index is 14.4. The first kappa shape index (κ1) is 22.0. The van der Waals surface area contributed by atoms with E-state index >= 15 is 0 Å². The van der Waals surface area contributed by atoms with E-state index in [0.29, 0.717) is 16.3 Å². The van der Waals surface area contributed by atoms with E-state index in [0.717, 1.165) is 6.20 Å². The first-order valence-corrected chi connectivity index (χ1v) is 9.38. The van der Waals surface area contributed by atoms with Crippen LogP contribution < -0.4 is 14.8 Å². The molecule has 0 spiro atoms. The monoisotopic (exact) mass is 444 g/mol. The van der Waals surface area contributed by atoms with E-state index in [2.05, 4.69) is 20.4 Å². The highest BCUT2D eigenvalue weighted by molar-refractivity contribution is 6.45. The van der Waals surface area contributed by atoms with E-state index < -0.39 is 17.6 Å². The van der Waals surface area contributed by atoms with Crippen LogP contribution in [-0.2, 0) is 9.63 Å². The van der Waals surface area contributed by atoms with E-state index in [9.17, 15) is 9.18 Å². The molecule has 0 aliphatic heterocycles. The van der Waals surface area contributed by atoms with Gasteiger partial charge in [0.05, 0.1) is 11.8 Å². The number of para-hydroxylation sites is 1. The Kier molecular flexibility index (Phi) is 6.99. The van der Waals surface area contributed by atoms with Crippen molar-refractivity contribution in [1.29, 1.82) is 0 Å². The Morgan fingerprint density at radius 1 is 1.13 bits per heavy atom. The number of oxime groups is 1. The molecule has 0 unspecified atom stereocenters. The van der Waals surface area contributed by atoms with Crippen molar-refractivity contribution in [1.82, 2.24) is 15.3 Å². The van der Waals surface area contributed by atoms with Crippen molar-refractivity contribution < 1.29 is 23.5 Å². The number of likely N-dealkylation sites (N-methyl/N-ethyl adjacent to an activating group) is 1. The van der Waals surface area contributed by atoms with Crippen LogP contribution in [0, 0.1) is 12.7 Å². The number of nitrogens with one attached hydrogen (secondary N) is 1. The lowest BCUT2D eigenvalue weighted by atomic mass is 10.1. The first-order chi connectivity index (χ1) is 14.9. The van der Waals surface area contributed by atoms with Crippen LogP contribution in [0.3, 0.4) is 0 Å². The number of carbonyl (C=O) groups is 1. The van der Waals surface area contributed by atoms with E-state index in [1.165, 1.54) is 20.2 Å². The fraction of sp³-hybridized carbons (Fsp3) is 0.143. The van der Waals surface area contributed by atoms with E-state index in [-0.39, 0.29) is 23.0 Å². The van der Waals surface area contributed by atoms with Gasteiger partial charge in [-0.1, -0.05) is 35.0 Å². The smallest absolute Gasteiger partial charge is 0.325 e. The fourth-order valence-electron chi connectivity index (χ4n) is 2.53. The van der Waals surface area contributed by atoms with Crippen LogP contribution in [0.2, 0.25) is 5.02 Å². The number of hydrogen-bond donors (Lipinski definition) is 1. The molecule has 0 saturated carbocycles. The highest BCUT2D eigenvalue weighted by Crippen LogP contribution is 2.31. The molecular formula is C21H18ClFN4O4. The summed E-state index contributed by atoms with van der Waals surface area (Å²) in [5.41, 5.74) is 0.895. The van der Waals surface area contributed by atoms with E-state index in [4.69, 9.17) is 25.9 Å². The van der Waals surface area contributed by atoms with Gasteiger partial charge < -0.3 is 19.6 Å². The second-order valence-electron chi connectivity index (χ2n) is 6.07. The highest BCUT2D eigenvalue weighted by atomic mass is 35.5. The normalized spacial score (nSPS) is 11.1. The van der Waals surface area contributed by atoms with Gasteiger partial charge >= 0.3 is 6.01 Å². The molecule has 0 aliphatic rings. The minimum Gasteiger partial charge on any atom is -0.436 e. The number of rotatable bonds is 7. The van der Waals surface area contributed by atoms with Crippen LogP contribution >= 0.6 is 11.6 Å². The molecular weight excluding hydrogens is 427 g/mol. The first-order valence-electron chi connectivity index (χ1n) is 9.00. The summed E-state index contributed by atoms with van der Waals surface area (Å²) >= 11 is 6.09. The third-order valence-corrected chi connectivity index (χ3v) is 4.49. The zero-order chi connectivity index (χ0) is 22.4. The number of halogens is 2. The minimum atomic E-state index is -0.824. The summed E-state index contributed by atoms with van der Waals surface area (Å²) in [6.45, 7) is 1.77. The average Bonchev–Trinajstić information content (AvgIpc) is 2.77. The van der Waals surface area contributed by atoms with Crippen LogP contribution in [-0.4, -0.2) is 35.7 Å². The van der Waals surface area contributed by atoms with Gasteiger partial charge in [0, 0.05) is 17.6 Å². The number of nitrogens with zero attached hydrogens (tertiary/aromatic N) is 3. The van der Waals surface area contributed by atoms with Crippen molar-refractivity contribution in [2.45, 2.75) is 6.92 Å². The molecule has 3 rings (SSSR count). The van der Waals surface area contributed by atoms with Crippen LogP contribution in [0.15, 0.2) is 53.8 Å². The third-order valence-electron chi connectivity index (χ3n) is 4.08. The van der Waals surface area contributed by atoms with Gasteiger partial charge in [-0.15, -0.1) is 0 Å². The second-order valence-corrected chi connectivity index (χ2v) is 6.48. The molecule has 0 bridgehead atoms. The SMILES string of the molecule is CNC(=O)/C(=N/OC)c1ccccc1Oc1nc(Oc2cccc(Cl)c2C)ncc1F. The zero-order valence-electron chi connectivity index (χ0n) is 16.8. The highest BCUT2D eigenvalue weighted by Gasteiger charge is 2.20. The van der Waals surface area contributed by atoms with Crippen molar-refractivity contribution in [3.05, 3.63) is 70.6 Å². The van der Waals surface area contributed by atoms with Crippen LogP contribution in [0.5, 0.6) is 23.4 Å². The number of ether oxygens (including phenoxy) is 2. The molecule has 0 radical (unpaired) electrons. The van der Waals surface area contributed by atoms with Gasteiger partial charge in [-0.2, -0.15) is 9.37 Å². The lowest BCUT2D eigenvalue weighted by molar-refractivity contribution is -0.114. The Morgan fingerprint density at radius 2 is 1.87 bits per heavy atom. The number of amides is 1. The molecule has 31 heavy (non-hydrogen) atoms. The predicted molar refractivity (Wildman–Crippen MR) is 112 cm³/mol. The van der Waals surface area contributed by atoms with Gasteiger partial charge in [-0.05, 0) is 31.2 Å². The molecule has 3 aromatic rings. The molecule has 0 fully saturated rings. The Balaban J connectivity index is 1.95. The lowest BCUT2D eigenvalue weighted by Gasteiger charge is -2.13. The molecule has 8 nitrogen and oxygen atoms in total. The van der Waals surface area contributed by atoms with Gasteiger partial charge in [-0.3, -0.25) is 4.79 Å². The van der Waals surface area contributed by atoms with Crippen LogP contribution in [0.1, 0.15) is 11.1 Å². The predicted octanol–water partition coefficient (Wildman–Crippen LogP) is 4.26. The van der Waals surface area contributed by atoms with Gasteiger partial charge in [0.1, 0.15) is 18.6 Å². The Bertz CT molecular complexity index is 1140. The van der Waals surface area contributed by atoms with Gasteiger partial charge in [-0.25, -0.2) is 4.98 Å². The molecule has 1 heterocycles. The summed E-state index contributed by atoms with van der Waals surface area (Å²) in [4.78, 5) is 24.8. The van der Waals surface area contributed by atoms with Crippen molar-refractivity contribution in [3.63, 3.8) is 0 Å². The van der Waals surface area contributed by atoms with E-state index in [1.807, 2.05) is 0 Å². The molecule has 1 amide bonds. The largest absolute Gasteiger partial charge is 0.436 e. The molecule has 10 heteroatoms. The summed E-state index contributed by atoms with van der Waals surface area (Å²) in [7, 11) is 2.75. The topological polar surface area (TPSA) is 94.9 Å². The number of carbonyl (C=O) groups excluding carboxylic acids is 1. The minimum absolute atomic E-state index is 0.0545. The lowest BCUT2D eigenvalue weighted by Crippen LogP contribution is -2.28. The summed E-state index contributed by atoms with van der Waals surface area (Å²) in [6, 6.07) is 11.4. The summed E-state index contributed by atoms with van der Waals surface area (Å²) in [6.07, 6.45) is 0.920. The maximum Gasteiger partial charge on any atom is 0.325 e. The van der Waals surface area contributed by atoms with Crippen LogP contribution in [0.25, 0.3) is 0 Å². The second kappa shape index (κ2) is 9.86. The fourth-order valence-corrected chi connectivity index (χ4v) is 2.70. The summed E-state index contributed by atoms with van der Waals surface area (Å²) in [5.74, 6) is -1.19. The van der Waals surface area contributed by atoms with E-state index in [1.54, 1.807) is 43.3 Å². The number of benzene rings is 2. The molecule has 1 N–H and O–H groups in total. The average molecular weight is 445 g/mol. The Hall–Kier alpha value is -3.72. The Morgan fingerprint density at radius 3 is 2.61 bits per heavy atom. The molecule has 0 atom stereocenters. The quantitative estimate of drug-likeness (QED) is 0.432. The number of hydrogen-bond acceptors (Lipinski definition) is 7. The maximum atomic E-state index is 14.4. The third kappa shape index (κ3) is 5.07. The number of aromatic nitrogens is 2. The van der Waals surface area contributed by atoms with Crippen molar-refractivity contribution in [3.8, 4) is 23.4 Å². The molecule has 0 aliphatic carbocycles. The van der Waals surface area contributed by atoms with Crippen molar-refractivity contribution in [2.75, 3.05) is 14.2 Å². The summed E-state index contributed by atoms with van der Waals surface area (Å²) < 4.78 is 25.7. The summed E-state index contributed by atoms with van der Waals surface area (Å²) in [5, 5.41) is 6.71. The molecule has 160 valence electrons. The Labute approximate surface area is 182 Å². The standard InChI is InChI=1S/C21H18ClFN4O4/c1-12-14(22)8-6-10-16(12)31-21-25-11-15(23)20(26-21)30-17-9-5-4-7-13(17)18(27-29-3)19(28)24-2/h4-11H,1-3H3,(H,24,28)/b27-18+. The zero-order valence-corrected chi connectivity index (χ0v) is 17.6. The molecule has 2 aromatic carbocycles. The molecule has 0 saturated heterocycles. The molecule has 1 aromatic heterocycles. The van der Waals surface area contributed by atoms with Crippen LogP contribution in [0.4, 0.5) is 4.39 Å². The van der Waals surface area contributed by atoms with Gasteiger partial charge in [0.15, 0.2) is 5.71 Å². The van der Waals surface area contributed by atoms with Gasteiger partial charge in [0.2, 0.25) is 5.82 Å².